The second-order valence-corrected chi connectivity index (χ2v) is 15.8. The second-order valence-electron chi connectivity index (χ2n) is 13.5. The Morgan fingerprint density at radius 1 is 1.11 bits per heavy atom. The van der Waals surface area contributed by atoms with E-state index in [1.807, 2.05) is 23.8 Å². The summed E-state index contributed by atoms with van der Waals surface area (Å²) in [6.07, 6.45) is 7.42. The molecule has 1 aliphatic heterocycles. The molecule has 244 valence electrons. The smallest absolute Gasteiger partial charge is 0.242 e. The van der Waals surface area contributed by atoms with Crippen molar-refractivity contribution < 1.29 is 31.8 Å². The minimum atomic E-state index is -3.64. The van der Waals surface area contributed by atoms with Gasteiger partial charge in [-0.15, -0.1) is 0 Å². The van der Waals surface area contributed by atoms with Crippen LogP contribution in [0.1, 0.15) is 86.7 Å². The standard InChI is InChI=1S/C35H44F2N2O5S/c1-4-6-11-44-29-8-7-24(15-29)34(41)26(12-22-13-27(36)19-28(37)14-22)18-32(40)25-16-30-23(5-2)20-39-21-35(9-10-35)45(42,43)38(3)31(17-25)33(30)39/h13-14,16-17,19-20,24,26,29,34,41H,4-12,15,18,21H2,1-3H3/t24-,26-,29+,34-/m1/s1. The van der Waals surface area contributed by atoms with Crippen LogP contribution in [0.2, 0.25) is 0 Å². The molecule has 1 aromatic heterocycles. The predicted octanol–water partition coefficient (Wildman–Crippen LogP) is 6.57. The van der Waals surface area contributed by atoms with Gasteiger partial charge in [0, 0.05) is 49.8 Å². The van der Waals surface area contributed by atoms with Crippen molar-refractivity contribution in [1.29, 1.82) is 0 Å². The number of benzene rings is 2. The third kappa shape index (κ3) is 6.05. The number of ketones is 1. The van der Waals surface area contributed by atoms with E-state index in [-0.39, 0.29) is 30.6 Å². The van der Waals surface area contributed by atoms with Crippen molar-refractivity contribution in [2.45, 2.75) is 102 Å². The van der Waals surface area contributed by atoms with Crippen LogP contribution in [0, 0.1) is 23.5 Å². The fourth-order valence-electron chi connectivity index (χ4n) is 7.58. The van der Waals surface area contributed by atoms with Crippen LogP contribution >= 0.6 is 0 Å². The number of aromatic nitrogens is 1. The SMILES string of the molecule is CCCCO[C@H]1CC[C@@H]([C@@H](O)[C@@H](CC(=O)c2cc3c4c(c2)c(CC)cn4CC2(CC2)S(=O)(=O)N3C)Cc2cc(F)cc(F)c2)C1. The first-order valence-electron chi connectivity index (χ1n) is 16.4. The Hall–Kier alpha value is -2.82. The molecule has 6 rings (SSSR count). The highest BCUT2D eigenvalue weighted by Crippen LogP contribution is 2.51. The van der Waals surface area contributed by atoms with Crippen LogP contribution in [0.3, 0.4) is 0 Å². The van der Waals surface area contributed by atoms with Gasteiger partial charge < -0.3 is 14.4 Å². The molecular weight excluding hydrogens is 598 g/mol. The number of anilines is 1. The molecule has 1 spiro atoms. The Labute approximate surface area is 264 Å². The van der Waals surface area contributed by atoms with Crippen LogP contribution in [0.5, 0.6) is 0 Å². The number of hydrogen-bond acceptors (Lipinski definition) is 5. The molecule has 3 aliphatic rings. The fourth-order valence-corrected chi connectivity index (χ4v) is 9.48. The Morgan fingerprint density at radius 2 is 1.84 bits per heavy atom. The summed E-state index contributed by atoms with van der Waals surface area (Å²) in [5, 5.41) is 12.5. The molecule has 0 amide bonds. The number of ether oxygens (including phenoxy) is 1. The van der Waals surface area contributed by atoms with Gasteiger partial charge in [0.2, 0.25) is 10.0 Å². The van der Waals surface area contributed by atoms with E-state index in [9.17, 15) is 27.1 Å². The third-order valence-electron chi connectivity index (χ3n) is 10.4. The summed E-state index contributed by atoms with van der Waals surface area (Å²) in [7, 11) is -2.08. The molecule has 2 fully saturated rings. The summed E-state index contributed by atoms with van der Waals surface area (Å²) in [5.74, 6) is -2.35. The number of carbonyl (C=O) groups is 1. The lowest BCUT2D eigenvalue weighted by Crippen LogP contribution is -2.38. The van der Waals surface area contributed by atoms with Crippen molar-refractivity contribution >= 4 is 32.4 Å². The summed E-state index contributed by atoms with van der Waals surface area (Å²) >= 11 is 0. The number of aryl methyl sites for hydroxylation is 1. The summed E-state index contributed by atoms with van der Waals surface area (Å²) in [6, 6.07) is 6.83. The van der Waals surface area contributed by atoms with E-state index >= 15 is 0 Å². The molecule has 1 N–H and O–H groups in total. The van der Waals surface area contributed by atoms with Gasteiger partial charge in [-0.3, -0.25) is 9.10 Å². The highest BCUT2D eigenvalue weighted by Gasteiger charge is 2.58. The maximum absolute atomic E-state index is 14.2. The predicted molar refractivity (Wildman–Crippen MR) is 171 cm³/mol. The number of halogens is 2. The Kier molecular flexibility index (Phi) is 8.86. The molecule has 10 heteroatoms. The van der Waals surface area contributed by atoms with Crippen LogP contribution in [0.15, 0.2) is 36.5 Å². The number of nitrogens with zero attached hydrogens (tertiary/aromatic N) is 2. The van der Waals surface area contributed by atoms with Crippen molar-refractivity contribution in [3.63, 3.8) is 0 Å². The first kappa shape index (κ1) is 32.1. The van der Waals surface area contributed by atoms with Crippen molar-refractivity contribution in [2.75, 3.05) is 18.0 Å². The molecule has 2 aromatic carbocycles. The molecule has 7 nitrogen and oxygen atoms in total. The number of Topliss-reactive ketones (excluding diaryl/α,β-unsaturated/α-hetero) is 1. The second kappa shape index (κ2) is 12.4. The summed E-state index contributed by atoms with van der Waals surface area (Å²) in [6.45, 7) is 5.21. The van der Waals surface area contributed by atoms with Crippen LogP contribution in [-0.4, -0.2) is 54.5 Å². The molecular formula is C35H44F2N2O5S. The van der Waals surface area contributed by atoms with Crippen molar-refractivity contribution in [3.8, 4) is 0 Å². The molecule has 3 aromatic rings. The molecule has 0 unspecified atom stereocenters. The van der Waals surface area contributed by atoms with Gasteiger partial charge >= 0.3 is 0 Å². The summed E-state index contributed by atoms with van der Waals surface area (Å²) in [5.41, 5.74) is 3.08. The Bertz CT molecular complexity index is 1680. The van der Waals surface area contributed by atoms with Gasteiger partial charge in [0.15, 0.2) is 5.78 Å². The topological polar surface area (TPSA) is 88.8 Å². The number of sulfonamides is 1. The molecule has 4 atom stereocenters. The van der Waals surface area contributed by atoms with Crippen LogP contribution < -0.4 is 4.31 Å². The zero-order valence-corrected chi connectivity index (χ0v) is 27.2. The average Bonchev–Trinajstić information content (AvgIpc) is 3.51. The van der Waals surface area contributed by atoms with E-state index < -0.39 is 38.4 Å². The lowest BCUT2D eigenvalue weighted by Gasteiger charge is -2.28. The van der Waals surface area contributed by atoms with E-state index in [1.165, 1.54) is 16.4 Å². The maximum atomic E-state index is 14.2. The molecule has 2 saturated carbocycles. The quantitative estimate of drug-likeness (QED) is 0.178. The number of carbonyl (C=O) groups excluding carboxylic acids is 1. The van der Waals surface area contributed by atoms with Crippen molar-refractivity contribution in [1.82, 2.24) is 4.57 Å². The normalized spacial score (nSPS) is 22.9. The number of rotatable bonds is 12. The lowest BCUT2D eigenvalue weighted by molar-refractivity contribution is 0.0235. The van der Waals surface area contributed by atoms with E-state index in [1.54, 1.807) is 13.1 Å². The number of aliphatic hydroxyl groups excluding tert-OH is 1. The van der Waals surface area contributed by atoms with Crippen LogP contribution in [0.25, 0.3) is 10.9 Å². The van der Waals surface area contributed by atoms with E-state index in [0.717, 1.165) is 54.6 Å². The molecule has 2 heterocycles. The van der Waals surface area contributed by atoms with Gasteiger partial charge in [-0.1, -0.05) is 20.3 Å². The largest absolute Gasteiger partial charge is 0.393 e. The van der Waals surface area contributed by atoms with Crippen LogP contribution in [0.4, 0.5) is 14.5 Å². The van der Waals surface area contributed by atoms with E-state index in [2.05, 4.69) is 6.92 Å². The Morgan fingerprint density at radius 3 is 2.51 bits per heavy atom. The van der Waals surface area contributed by atoms with E-state index in [0.29, 0.717) is 49.2 Å². The third-order valence-corrected chi connectivity index (χ3v) is 12.9. The molecule has 0 radical (unpaired) electrons. The number of hydrogen-bond donors (Lipinski definition) is 1. The van der Waals surface area contributed by atoms with E-state index in [4.69, 9.17) is 4.74 Å². The fraction of sp³-hybridized carbons (Fsp3) is 0.571. The summed E-state index contributed by atoms with van der Waals surface area (Å²) in [4.78, 5) is 14.1. The van der Waals surface area contributed by atoms with Crippen molar-refractivity contribution in [2.24, 2.45) is 11.8 Å². The molecule has 2 aliphatic carbocycles. The highest BCUT2D eigenvalue weighted by molar-refractivity contribution is 7.94. The van der Waals surface area contributed by atoms with Gasteiger partial charge in [-0.25, -0.2) is 17.2 Å². The Balaban J connectivity index is 1.32. The first-order chi connectivity index (χ1) is 21.5. The lowest BCUT2D eigenvalue weighted by atomic mass is 9.81. The van der Waals surface area contributed by atoms with Gasteiger partial charge in [-0.05, 0) is 98.6 Å². The van der Waals surface area contributed by atoms with Gasteiger partial charge in [0.1, 0.15) is 16.4 Å². The first-order valence-corrected chi connectivity index (χ1v) is 17.8. The molecule has 0 bridgehead atoms. The molecule has 0 saturated heterocycles. The minimum absolute atomic E-state index is 0.0438. The molecule has 45 heavy (non-hydrogen) atoms. The number of aliphatic hydroxyl groups is 1. The van der Waals surface area contributed by atoms with Gasteiger partial charge in [0.25, 0.3) is 0 Å². The monoisotopic (exact) mass is 642 g/mol. The zero-order chi connectivity index (χ0) is 32.1. The van der Waals surface area contributed by atoms with Crippen LogP contribution in [-0.2, 0) is 34.1 Å². The maximum Gasteiger partial charge on any atom is 0.242 e. The van der Waals surface area contributed by atoms with Gasteiger partial charge in [0.05, 0.1) is 23.4 Å². The summed E-state index contributed by atoms with van der Waals surface area (Å²) < 4.78 is 64.2. The van der Waals surface area contributed by atoms with Gasteiger partial charge in [-0.2, -0.15) is 0 Å². The number of unbranched alkanes of at least 4 members (excludes halogenated alkanes) is 1. The zero-order valence-electron chi connectivity index (χ0n) is 26.4. The minimum Gasteiger partial charge on any atom is -0.393 e. The average molecular weight is 643 g/mol. The highest BCUT2D eigenvalue weighted by atomic mass is 32.2. The van der Waals surface area contributed by atoms with Crippen molar-refractivity contribution in [3.05, 3.63) is 64.9 Å².